The summed E-state index contributed by atoms with van der Waals surface area (Å²) in [5, 5.41) is 1.10. The van der Waals surface area contributed by atoms with Gasteiger partial charge in [0.05, 0.1) is 12.1 Å². The molecule has 0 atom stereocenters. The van der Waals surface area contributed by atoms with Gasteiger partial charge in [-0.05, 0) is 30.3 Å². The minimum Gasteiger partial charge on any atom is -0.495 e. The van der Waals surface area contributed by atoms with Gasteiger partial charge < -0.3 is 13.9 Å². The molecule has 2 aromatic carbocycles. The maximum absolute atomic E-state index is 12.1. The first-order valence-corrected chi connectivity index (χ1v) is 7.48. The summed E-state index contributed by atoms with van der Waals surface area (Å²) >= 11 is 5.98. The number of Topliss-reactive ketones (excluding diaryl/α,β-unsaturated/α-hetero) is 1. The van der Waals surface area contributed by atoms with E-state index in [1.54, 1.807) is 30.3 Å². The van der Waals surface area contributed by atoms with Gasteiger partial charge in [-0.15, -0.1) is 0 Å². The quantitative estimate of drug-likeness (QED) is 0.514. The lowest BCUT2D eigenvalue weighted by molar-refractivity contribution is 0.0446. The first kappa shape index (κ1) is 16.1. The zero-order valence-electron chi connectivity index (χ0n) is 12.7. The maximum atomic E-state index is 12.1. The van der Waals surface area contributed by atoms with Crippen LogP contribution >= 0.6 is 11.6 Å². The smallest absolute Gasteiger partial charge is 0.374 e. The zero-order chi connectivity index (χ0) is 17.1. The Hall–Kier alpha value is -2.79. The molecule has 0 N–H and O–H groups in total. The highest BCUT2D eigenvalue weighted by molar-refractivity contribution is 6.32. The molecule has 0 aliphatic carbocycles. The number of carbonyl (C=O) groups excluding carboxylic acids is 2. The molecule has 0 fully saturated rings. The highest BCUT2D eigenvalue weighted by Gasteiger charge is 2.16. The zero-order valence-corrected chi connectivity index (χ0v) is 13.5. The molecule has 0 bridgehead atoms. The van der Waals surface area contributed by atoms with Gasteiger partial charge in [0.2, 0.25) is 5.76 Å². The van der Waals surface area contributed by atoms with Crippen LogP contribution in [0, 0.1) is 0 Å². The fourth-order valence-electron chi connectivity index (χ4n) is 2.21. The third-order valence-corrected chi connectivity index (χ3v) is 3.73. The largest absolute Gasteiger partial charge is 0.495 e. The van der Waals surface area contributed by atoms with E-state index in [9.17, 15) is 9.59 Å². The third kappa shape index (κ3) is 3.26. The number of benzene rings is 2. The molecular weight excluding hydrogens is 332 g/mol. The molecule has 3 aromatic rings. The van der Waals surface area contributed by atoms with E-state index in [1.165, 1.54) is 13.2 Å². The molecule has 0 amide bonds. The van der Waals surface area contributed by atoms with Gasteiger partial charge in [-0.2, -0.15) is 0 Å². The Kier molecular flexibility index (Phi) is 4.53. The summed E-state index contributed by atoms with van der Waals surface area (Å²) < 4.78 is 15.4. The first-order valence-electron chi connectivity index (χ1n) is 7.11. The molecule has 6 heteroatoms. The standard InChI is InChI=1S/C18H13ClO5/c1-22-16-7-6-11(8-13(16)19)14(20)10-23-18(21)17-9-12-4-2-3-5-15(12)24-17/h2-9H,10H2,1H3. The number of carbonyl (C=O) groups is 2. The lowest BCUT2D eigenvalue weighted by Crippen LogP contribution is -2.13. The van der Waals surface area contributed by atoms with E-state index in [0.717, 1.165) is 5.39 Å². The van der Waals surface area contributed by atoms with Gasteiger partial charge >= 0.3 is 5.97 Å². The number of furan rings is 1. The van der Waals surface area contributed by atoms with Crippen LogP contribution in [-0.4, -0.2) is 25.5 Å². The average molecular weight is 345 g/mol. The van der Waals surface area contributed by atoms with Crippen LogP contribution in [0.1, 0.15) is 20.9 Å². The number of hydrogen-bond acceptors (Lipinski definition) is 5. The van der Waals surface area contributed by atoms with E-state index >= 15 is 0 Å². The number of para-hydroxylation sites is 1. The minimum absolute atomic E-state index is 0.0526. The van der Waals surface area contributed by atoms with Crippen LogP contribution in [0.15, 0.2) is 52.9 Å². The Morgan fingerprint density at radius 3 is 2.62 bits per heavy atom. The van der Waals surface area contributed by atoms with Crippen molar-refractivity contribution in [1.29, 1.82) is 0 Å². The van der Waals surface area contributed by atoms with Gasteiger partial charge in [0.25, 0.3) is 0 Å². The van der Waals surface area contributed by atoms with Crippen molar-refractivity contribution in [2.75, 3.05) is 13.7 Å². The van der Waals surface area contributed by atoms with E-state index in [2.05, 4.69) is 0 Å². The Balaban J connectivity index is 1.67. The van der Waals surface area contributed by atoms with Gasteiger partial charge in [-0.1, -0.05) is 29.8 Å². The van der Waals surface area contributed by atoms with Gasteiger partial charge in [-0.25, -0.2) is 4.79 Å². The average Bonchev–Trinajstić information content (AvgIpc) is 3.03. The summed E-state index contributed by atoms with van der Waals surface area (Å²) in [5.74, 6) is -0.549. The molecule has 1 aromatic heterocycles. The summed E-state index contributed by atoms with van der Waals surface area (Å²) in [6, 6.07) is 13.4. The van der Waals surface area contributed by atoms with Crippen LogP contribution in [0.3, 0.4) is 0 Å². The van der Waals surface area contributed by atoms with E-state index in [4.69, 9.17) is 25.5 Å². The van der Waals surface area contributed by atoms with Crippen molar-refractivity contribution in [1.82, 2.24) is 0 Å². The number of ketones is 1. The topological polar surface area (TPSA) is 65.7 Å². The molecule has 0 aliphatic rings. The molecule has 0 saturated carbocycles. The number of esters is 1. The second kappa shape index (κ2) is 6.76. The maximum Gasteiger partial charge on any atom is 0.374 e. The lowest BCUT2D eigenvalue weighted by atomic mass is 10.1. The van der Waals surface area contributed by atoms with Crippen molar-refractivity contribution in [2.24, 2.45) is 0 Å². The normalized spacial score (nSPS) is 10.6. The van der Waals surface area contributed by atoms with Gasteiger partial charge in [0.1, 0.15) is 11.3 Å². The minimum atomic E-state index is -0.695. The van der Waals surface area contributed by atoms with E-state index < -0.39 is 12.6 Å². The third-order valence-electron chi connectivity index (χ3n) is 3.43. The molecule has 0 saturated heterocycles. The summed E-state index contributed by atoms with van der Waals surface area (Å²) in [6.45, 7) is -0.404. The summed E-state index contributed by atoms with van der Waals surface area (Å²) in [6.07, 6.45) is 0. The number of halogens is 1. The lowest BCUT2D eigenvalue weighted by Gasteiger charge is -2.06. The molecule has 0 radical (unpaired) electrons. The van der Waals surface area contributed by atoms with Gasteiger partial charge in [0.15, 0.2) is 12.4 Å². The number of methoxy groups -OCH3 is 1. The van der Waals surface area contributed by atoms with E-state index in [1.807, 2.05) is 12.1 Å². The Morgan fingerprint density at radius 2 is 1.92 bits per heavy atom. The number of rotatable bonds is 5. The Labute approximate surface area is 142 Å². The second-order valence-corrected chi connectivity index (χ2v) is 5.40. The summed E-state index contributed by atoms with van der Waals surface area (Å²) in [7, 11) is 1.48. The van der Waals surface area contributed by atoms with E-state index in [0.29, 0.717) is 21.9 Å². The molecule has 1 heterocycles. The molecule has 0 spiro atoms. The summed E-state index contributed by atoms with van der Waals surface area (Å²) in [5.41, 5.74) is 0.913. The van der Waals surface area contributed by atoms with Crippen molar-refractivity contribution in [3.8, 4) is 5.75 Å². The van der Waals surface area contributed by atoms with Crippen LogP contribution in [0.4, 0.5) is 0 Å². The Bertz CT molecular complexity index is 880. The SMILES string of the molecule is COc1ccc(C(=O)COC(=O)c2cc3ccccc3o2)cc1Cl. The highest BCUT2D eigenvalue weighted by Crippen LogP contribution is 2.25. The predicted molar refractivity (Wildman–Crippen MR) is 88.8 cm³/mol. The molecule has 122 valence electrons. The molecule has 0 unspecified atom stereocenters. The number of hydrogen-bond donors (Lipinski definition) is 0. The van der Waals surface area contributed by atoms with Crippen LogP contribution in [0.5, 0.6) is 5.75 Å². The summed E-state index contributed by atoms with van der Waals surface area (Å²) in [4.78, 5) is 24.1. The van der Waals surface area contributed by atoms with Crippen LogP contribution < -0.4 is 4.74 Å². The predicted octanol–water partition coefficient (Wildman–Crippen LogP) is 4.13. The molecule has 0 aliphatic heterocycles. The molecular formula is C18H13ClO5. The second-order valence-electron chi connectivity index (χ2n) is 5.00. The molecule has 3 rings (SSSR count). The monoisotopic (exact) mass is 344 g/mol. The number of ether oxygens (including phenoxy) is 2. The first-order chi connectivity index (χ1) is 11.6. The fourth-order valence-corrected chi connectivity index (χ4v) is 2.47. The molecule has 24 heavy (non-hydrogen) atoms. The highest BCUT2D eigenvalue weighted by atomic mass is 35.5. The Morgan fingerprint density at radius 1 is 1.12 bits per heavy atom. The van der Waals surface area contributed by atoms with Crippen LogP contribution in [-0.2, 0) is 4.74 Å². The van der Waals surface area contributed by atoms with Crippen LogP contribution in [0.25, 0.3) is 11.0 Å². The van der Waals surface area contributed by atoms with Crippen LogP contribution in [0.2, 0.25) is 5.02 Å². The fraction of sp³-hybridized carbons (Fsp3) is 0.111. The molecule has 5 nitrogen and oxygen atoms in total. The van der Waals surface area contributed by atoms with E-state index in [-0.39, 0.29) is 11.5 Å². The van der Waals surface area contributed by atoms with Crippen molar-refractivity contribution in [3.05, 3.63) is 64.9 Å². The van der Waals surface area contributed by atoms with Crippen molar-refractivity contribution in [3.63, 3.8) is 0 Å². The van der Waals surface area contributed by atoms with Gasteiger partial charge in [0, 0.05) is 10.9 Å². The van der Waals surface area contributed by atoms with Crippen molar-refractivity contribution in [2.45, 2.75) is 0 Å². The van der Waals surface area contributed by atoms with Crippen molar-refractivity contribution < 1.29 is 23.5 Å². The van der Waals surface area contributed by atoms with Crippen molar-refractivity contribution >= 4 is 34.3 Å². The van der Waals surface area contributed by atoms with Gasteiger partial charge in [-0.3, -0.25) is 4.79 Å². The number of fused-ring (bicyclic) bond motifs is 1.